The number of nitrogens with zero attached hydrogens (tertiary/aromatic N) is 1. The first-order chi connectivity index (χ1) is 15.2. The number of carbonyl (C=O) groups excluding carboxylic acids is 1. The van der Waals surface area contributed by atoms with E-state index in [1.165, 1.54) is 103 Å². The fourth-order valence-corrected chi connectivity index (χ4v) is 5.36. The van der Waals surface area contributed by atoms with Gasteiger partial charge >= 0.3 is 5.97 Å². The first-order valence-corrected chi connectivity index (χ1v) is 14.6. The molecule has 0 saturated carbocycles. The number of nitrogens with one attached hydrogen (secondary N) is 1. The molecular weight excluding hydrogens is 531 g/mol. The molecule has 192 valence electrons. The van der Waals surface area contributed by atoms with E-state index in [1.54, 1.807) is 0 Å². The van der Waals surface area contributed by atoms with Crippen LogP contribution in [0.5, 0.6) is 0 Å². The summed E-state index contributed by atoms with van der Waals surface area (Å²) in [6, 6.07) is 0. The molecule has 0 bridgehead atoms. The lowest BCUT2D eigenvalue weighted by Crippen LogP contribution is -2.44. The van der Waals surface area contributed by atoms with E-state index in [0.717, 1.165) is 44.9 Å². The summed E-state index contributed by atoms with van der Waals surface area (Å²) >= 11 is 1.97. The Hall–Kier alpha value is 0.470. The lowest BCUT2D eigenvalue weighted by molar-refractivity contribution is -0.145. The van der Waals surface area contributed by atoms with Crippen molar-refractivity contribution < 1.29 is 9.53 Å². The Morgan fingerprint density at radius 2 is 1.38 bits per heavy atom. The molecule has 1 heterocycles. The van der Waals surface area contributed by atoms with E-state index < -0.39 is 0 Å². The second kappa shape index (κ2) is 24.6. The van der Waals surface area contributed by atoms with Crippen LogP contribution in [0, 0.1) is 0 Å². The van der Waals surface area contributed by atoms with Gasteiger partial charge in [0, 0.05) is 45.4 Å². The van der Waals surface area contributed by atoms with Crippen molar-refractivity contribution in [1.29, 1.82) is 0 Å². The standard InChI is InChI=1S/C26H52N2O2S.HI/c1-3-4-5-6-7-8-9-10-11-12-13-14-15-16-23-31-24-26(30-25(2)29)17-20-28-21-18-27-19-22-28;/h26-27H,3-24H2,1-2H3;1H. The number of piperazine rings is 1. The van der Waals surface area contributed by atoms with E-state index in [4.69, 9.17) is 4.74 Å². The molecular formula is C26H53IN2O2S. The quantitative estimate of drug-likeness (QED) is 0.0890. The lowest BCUT2D eigenvalue weighted by atomic mass is 10.0. The lowest BCUT2D eigenvalue weighted by Gasteiger charge is -2.28. The molecule has 0 aliphatic carbocycles. The predicted molar refractivity (Wildman–Crippen MR) is 153 cm³/mol. The van der Waals surface area contributed by atoms with Crippen LogP contribution in [0.4, 0.5) is 0 Å². The Bertz CT molecular complexity index is 409. The summed E-state index contributed by atoms with van der Waals surface area (Å²) in [6.07, 6.45) is 20.8. The Morgan fingerprint density at radius 3 is 1.88 bits per heavy atom. The number of hydrogen-bond donors (Lipinski definition) is 1. The van der Waals surface area contributed by atoms with Crippen LogP contribution in [-0.2, 0) is 9.53 Å². The number of unbranched alkanes of at least 4 members (excludes halogenated alkanes) is 13. The number of rotatable bonds is 21. The molecule has 0 aromatic heterocycles. The molecule has 0 spiro atoms. The predicted octanol–water partition coefficient (Wildman–Crippen LogP) is 7.05. The molecule has 1 N–H and O–H groups in total. The zero-order valence-electron chi connectivity index (χ0n) is 21.2. The molecule has 1 atom stereocenters. The fourth-order valence-electron chi connectivity index (χ4n) is 4.29. The molecule has 1 unspecified atom stereocenters. The number of halogens is 1. The highest BCUT2D eigenvalue weighted by Crippen LogP contribution is 2.16. The van der Waals surface area contributed by atoms with E-state index in [1.807, 2.05) is 11.8 Å². The van der Waals surface area contributed by atoms with Gasteiger partial charge in [-0.2, -0.15) is 11.8 Å². The van der Waals surface area contributed by atoms with Crippen LogP contribution in [0.1, 0.15) is 110 Å². The summed E-state index contributed by atoms with van der Waals surface area (Å²) in [4.78, 5) is 13.9. The zero-order valence-corrected chi connectivity index (χ0v) is 24.4. The molecule has 0 aromatic carbocycles. The van der Waals surface area contributed by atoms with Gasteiger partial charge < -0.3 is 15.0 Å². The van der Waals surface area contributed by atoms with Crippen molar-refractivity contribution in [3.63, 3.8) is 0 Å². The maximum atomic E-state index is 11.4. The van der Waals surface area contributed by atoms with Crippen LogP contribution in [0.15, 0.2) is 0 Å². The molecule has 1 aliphatic heterocycles. The summed E-state index contributed by atoms with van der Waals surface area (Å²) in [5.74, 6) is 2.01. The van der Waals surface area contributed by atoms with Gasteiger partial charge in [0.15, 0.2) is 0 Å². The number of carbonyl (C=O) groups is 1. The molecule has 1 rings (SSSR count). The maximum absolute atomic E-state index is 11.4. The van der Waals surface area contributed by atoms with Crippen LogP contribution < -0.4 is 5.32 Å². The summed E-state index contributed by atoms with van der Waals surface area (Å²) in [5.41, 5.74) is 0. The second-order valence-electron chi connectivity index (χ2n) is 9.28. The van der Waals surface area contributed by atoms with Gasteiger partial charge in [-0.1, -0.05) is 90.4 Å². The monoisotopic (exact) mass is 584 g/mol. The topological polar surface area (TPSA) is 41.6 Å². The van der Waals surface area contributed by atoms with Crippen molar-refractivity contribution in [2.24, 2.45) is 0 Å². The Kier molecular flexibility index (Phi) is 25.0. The first kappa shape index (κ1) is 32.5. The number of hydrogen-bond acceptors (Lipinski definition) is 5. The van der Waals surface area contributed by atoms with Crippen LogP contribution >= 0.6 is 35.7 Å². The molecule has 6 heteroatoms. The second-order valence-corrected chi connectivity index (χ2v) is 10.4. The van der Waals surface area contributed by atoms with E-state index >= 15 is 0 Å². The fraction of sp³-hybridized carbons (Fsp3) is 0.962. The van der Waals surface area contributed by atoms with E-state index in [0.29, 0.717) is 0 Å². The van der Waals surface area contributed by atoms with Crippen molar-refractivity contribution in [2.45, 2.75) is 116 Å². The van der Waals surface area contributed by atoms with Gasteiger partial charge in [-0.25, -0.2) is 0 Å². The summed E-state index contributed by atoms with van der Waals surface area (Å²) in [7, 11) is 0. The van der Waals surface area contributed by atoms with E-state index in [9.17, 15) is 4.79 Å². The Morgan fingerprint density at radius 1 is 0.875 bits per heavy atom. The van der Waals surface area contributed by atoms with Crippen molar-refractivity contribution in [1.82, 2.24) is 10.2 Å². The van der Waals surface area contributed by atoms with Crippen LogP contribution in [0.2, 0.25) is 0 Å². The zero-order chi connectivity index (χ0) is 22.4. The average Bonchev–Trinajstić information content (AvgIpc) is 2.77. The van der Waals surface area contributed by atoms with Crippen LogP contribution in [0.25, 0.3) is 0 Å². The summed E-state index contributed by atoms with van der Waals surface area (Å²) < 4.78 is 5.56. The molecule has 0 radical (unpaired) electrons. The van der Waals surface area contributed by atoms with Crippen LogP contribution in [0.3, 0.4) is 0 Å². The molecule has 0 amide bonds. The normalized spacial score (nSPS) is 15.3. The van der Waals surface area contributed by atoms with Gasteiger partial charge in [0.2, 0.25) is 0 Å². The summed E-state index contributed by atoms with van der Waals surface area (Å²) in [6.45, 7) is 9.24. The number of thioether (sulfide) groups is 1. The highest BCUT2D eigenvalue weighted by Gasteiger charge is 2.16. The molecule has 1 saturated heterocycles. The molecule has 1 aliphatic rings. The third kappa shape index (κ3) is 21.0. The summed E-state index contributed by atoms with van der Waals surface area (Å²) in [5, 5.41) is 3.39. The van der Waals surface area contributed by atoms with Crippen molar-refractivity contribution >= 4 is 41.7 Å². The molecule has 4 nitrogen and oxygen atoms in total. The molecule has 0 aromatic rings. The van der Waals surface area contributed by atoms with E-state index in [2.05, 4.69) is 17.1 Å². The van der Waals surface area contributed by atoms with Crippen molar-refractivity contribution in [2.75, 3.05) is 44.2 Å². The Balaban J connectivity index is 0.00000961. The average molecular weight is 585 g/mol. The Labute approximate surface area is 221 Å². The third-order valence-electron chi connectivity index (χ3n) is 6.26. The highest BCUT2D eigenvalue weighted by atomic mass is 127. The largest absolute Gasteiger partial charge is 0.462 e. The smallest absolute Gasteiger partial charge is 0.302 e. The van der Waals surface area contributed by atoms with Crippen molar-refractivity contribution in [3.8, 4) is 0 Å². The molecule has 1 fully saturated rings. The van der Waals surface area contributed by atoms with E-state index in [-0.39, 0.29) is 36.0 Å². The number of ether oxygens (including phenoxy) is 1. The third-order valence-corrected chi connectivity index (χ3v) is 7.44. The minimum absolute atomic E-state index is 0. The highest BCUT2D eigenvalue weighted by molar-refractivity contribution is 14.0. The van der Waals surface area contributed by atoms with Gasteiger partial charge in [0.05, 0.1) is 0 Å². The maximum Gasteiger partial charge on any atom is 0.302 e. The minimum Gasteiger partial charge on any atom is -0.462 e. The van der Waals surface area contributed by atoms with Gasteiger partial charge in [0.25, 0.3) is 0 Å². The SMILES string of the molecule is CCCCCCCCCCCCCCCCSCC(CCN1CCNCC1)OC(C)=O.I. The van der Waals surface area contributed by atoms with Gasteiger partial charge in [-0.15, -0.1) is 24.0 Å². The van der Waals surface area contributed by atoms with Crippen molar-refractivity contribution in [3.05, 3.63) is 0 Å². The molecule has 32 heavy (non-hydrogen) atoms. The van der Waals surface area contributed by atoms with Gasteiger partial charge in [0.1, 0.15) is 6.10 Å². The van der Waals surface area contributed by atoms with Gasteiger partial charge in [-0.3, -0.25) is 4.79 Å². The minimum atomic E-state index is -0.137. The first-order valence-electron chi connectivity index (χ1n) is 13.4. The van der Waals surface area contributed by atoms with Gasteiger partial charge in [-0.05, 0) is 18.6 Å². The van der Waals surface area contributed by atoms with Crippen LogP contribution in [-0.4, -0.2) is 61.2 Å². The number of esters is 1.